The van der Waals surface area contributed by atoms with Crippen LogP contribution >= 0.6 is 15.9 Å². The van der Waals surface area contributed by atoms with Gasteiger partial charge in [-0.15, -0.1) is 0 Å². The minimum atomic E-state index is -3.56. The normalized spacial score (nSPS) is 11.6. The van der Waals surface area contributed by atoms with Crippen LogP contribution in [0.25, 0.3) is 0 Å². The molecule has 18 heavy (non-hydrogen) atoms. The lowest BCUT2D eigenvalue weighted by molar-refractivity contribution is 0.402. The Bertz CT molecular complexity index is 517. The average molecular weight is 337 g/mol. The molecule has 2 N–H and O–H groups in total. The van der Waals surface area contributed by atoms with Crippen molar-refractivity contribution in [1.29, 1.82) is 0 Å². The zero-order valence-corrected chi connectivity index (χ0v) is 13.0. The van der Waals surface area contributed by atoms with Gasteiger partial charge in [-0.3, -0.25) is 0 Å². The maximum absolute atomic E-state index is 12.1. The summed E-state index contributed by atoms with van der Waals surface area (Å²) in [5.74, 6) is 0.340. The van der Waals surface area contributed by atoms with Gasteiger partial charge in [-0.05, 0) is 31.7 Å². The van der Waals surface area contributed by atoms with E-state index in [9.17, 15) is 8.42 Å². The largest absolute Gasteiger partial charge is 0.495 e. The average Bonchev–Trinajstić information content (AvgIpc) is 2.32. The molecule has 0 aliphatic heterocycles. The lowest BCUT2D eigenvalue weighted by atomic mass is 10.2. The first-order valence-corrected chi connectivity index (χ1v) is 7.68. The zero-order chi connectivity index (χ0) is 13.8. The summed E-state index contributed by atoms with van der Waals surface area (Å²) in [6, 6.07) is 3.24. The van der Waals surface area contributed by atoms with Crippen molar-refractivity contribution >= 4 is 26.0 Å². The van der Waals surface area contributed by atoms with Crippen LogP contribution in [0.5, 0.6) is 5.75 Å². The van der Waals surface area contributed by atoms with Crippen molar-refractivity contribution in [3.05, 3.63) is 22.2 Å². The monoisotopic (exact) mass is 336 g/mol. The molecule has 0 bridgehead atoms. The predicted molar refractivity (Wildman–Crippen MR) is 74.5 cm³/mol. The second kappa shape index (κ2) is 6.51. The van der Waals surface area contributed by atoms with Crippen LogP contribution in [0, 0.1) is 6.92 Å². The molecular weight excluding hydrogens is 320 g/mol. The number of hydrogen-bond acceptors (Lipinski definition) is 4. The summed E-state index contributed by atoms with van der Waals surface area (Å²) in [5, 5.41) is 2.87. The van der Waals surface area contributed by atoms with E-state index in [0.717, 1.165) is 10.0 Å². The predicted octanol–water partition coefficient (Wildman–Crippen LogP) is 1.26. The number of aryl methyl sites for hydroxylation is 1. The van der Waals surface area contributed by atoms with E-state index >= 15 is 0 Å². The van der Waals surface area contributed by atoms with Crippen LogP contribution in [0.2, 0.25) is 0 Å². The Morgan fingerprint density at radius 1 is 1.33 bits per heavy atom. The highest BCUT2D eigenvalue weighted by Gasteiger charge is 2.20. The van der Waals surface area contributed by atoms with Gasteiger partial charge in [0.15, 0.2) is 0 Å². The van der Waals surface area contributed by atoms with Gasteiger partial charge in [0, 0.05) is 17.6 Å². The van der Waals surface area contributed by atoms with Gasteiger partial charge in [0.25, 0.3) is 0 Å². The van der Waals surface area contributed by atoms with Crippen LogP contribution in [0.1, 0.15) is 5.56 Å². The second-order valence-electron chi connectivity index (χ2n) is 3.75. The van der Waals surface area contributed by atoms with Gasteiger partial charge in [0.1, 0.15) is 10.6 Å². The summed E-state index contributed by atoms with van der Waals surface area (Å²) in [6.45, 7) is 2.76. The molecule has 0 aromatic heterocycles. The Hall–Kier alpha value is -0.630. The van der Waals surface area contributed by atoms with Crippen molar-refractivity contribution in [1.82, 2.24) is 10.0 Å². The van der Waals surface area contributed by atoms with E-state index in [4.69, 9.17) is 4.74 Å². The fourth-order valence-corrected chi connectivity index (χ4v) is 3.10. The standard InChI is InChI=1S/C11H17BrN2O3S/c1-8-6-10(17-3)11(7-9(8)12)18(15,16)14-5-4-13-2/h6-7,13-14H,4-5H2,1-3H3. The Labute approximate surface area is 116 Å². The number of ether oxygens (including phenoxy) is 1. The topological polar surface area (TPSA) is 67.4 Å². The van der Waals surface area contributed by atoms with Gasteiger partial charge in [-0.2, -0.15) is 0 Å². The summed E-state index contributed by atoms with van der Waals surface area (Å²) in [5.41, 5.74) is 0.918. The number of nitrogens with one attached hydrogen (secondary N) is 2. The molecule has 0 spiro atoms. The first-order chi connectivity index (χ1) is 8.42. The molecule has 0 radical (unpaired) electrons. The summed E-state index contributed by atoms with van der Waals surface area (Å²) in [6.07, 6.45) is 0. The highest BCUT2D eigenvalue weighted by Crippen LogP contribution is 2.30. The molecule has 1 aromatic rings. The van der Waals surface area contributed by atoms with Crippen molar-refractivity contribution in [2.45, 2.75) is 11.8 Å². The number of sulfonamides is 1. The van der Waals surface area contributed by atoms with Crippen molar-refractivity contribution < 1.29 is 13.2 Å². The third-order valence-corrected chi connectivity index (χ3v) is 4.74. The number of hydrogen-bond donors (Lipinski definition) is 2. The fraction of sp³-hybridized carbons (Fsp3) is 0.455. The van der Waals surface area contributed by atoms with Crippen molar-refractivity contribution in [3.63, 3.8) is 0 Å². The molecule has 7 heteroatoms. The van der Waals surface area contributed by atoms with Crippen molar-refractivity contribution in [3.8, 4) is 5.75 Å². The molecule has 0 saturated heterocycles. The fourth-order valence-electron chi connectivity index (χ4n) is 1.39. The van der Waals surface area contributed by atoms with Crippen LogP contribution in [0.4, 0.5) is 0 Å². The molecule has 0 heterocycles. The van der Waals surface area contributed by atoms with Gasteiger partial charge in [-0.1, -0.05) is 15.9 Å². The number of methoxy groups -OCH3 is 1. The summed E-state index contributed by atoms with van der Waals surface area (Å²) in [7, 11) is -0.345. The lowest BCUT2D eigenvalue weighted by Gasteiger charge is -2.12. The third kappa shape index (κ3) is 3.68. The maximum atomic E-state index is 12.1. The molecule has 0 atom stereocenters. The summed E-state index contributed by atoms with van der Waals surface area (Å²) >= 11 is 3.32. The van der Waals surface area contributed by atoms with Gasteiger partial charge in [0.2, 0.25) is 10.0 Å². The molecule has 0 saturated carbocycles. The van der Waals surface area contributed by atoms with Crippen LogP contribution in [0.15, 0.2) is 21.5 Å². The van der Waals surface area contributed by atoms with Crippen molar-refractivity contribution in [2.24, 2.45) is 0 Å². The van der Waals surface area contributed by atoms with E-state index in [1.165, 1.54) is 7.11 Å². The lowest BCUT2D eigenvalue weighted by Crippen LogP contribution is -2.30. The molecule has 0 amide bonds. The second-order valence-corrected chi connectivity index (χ2v) is 6.34. The quantitative estimate of drug-likeness (QED) is 0.767. The van der Waals surface area contributed by atoms with E-state index < -0.39 is 10.0 Å². The highest BCUT2D eigenvalue weighted by molar-refractivity contribution is 9.10. The molecule has 0 aliphatic carbocycles. The number of halogens is 1. The van der Waals surface area contributed by atoms with Crippen LogP contribution in [0.3, 0.4) is 0 Å². The van der Waals surface area contributed by atoms with Crippen molar-refractivity contribution in [2.75, 3.05) is 27.2 Å². The molecule has 1 rings (SSSR count). The van der Waals surface area contributed by atoms with Gasteiger partial charge < -0.3 is 10.1 Å². The third-order valence-electron chi connectivity index (χ3n) is 2.40. The molecule has 0 fully saturated rings. The Kier molecular flexibility index (Phi) is 5.58. The number of likely N-dealkylation sites (N-methyl/N-ethyl adjacent to an activating group) is 1. The van der Waals surface area contributed by atoms with E-state index in [0.29, 0.717) is 18.8 Å². The highest BCUT2D eigenvalue weighted by atomic mass is 79.9. The minimum absolute atomic E-state index is 0.138. The van der Waals surface area contributed by atoms with E-state index in [-0.39, 0.29) is 4.90 Å². The molecule has 1 aromatic carbocycles. The van der Waals surface area contributed by atoms with Crippen LogP contribution < -0.4 is 14.8 Å². The van der Waals surface area contributed by atoms with Crippen LogP contribution in [-0.2, 0) is 10.0 Å². The molecule has 5 nitrogen and oxygen atoms in total. The first kappa shape index (κ1) is 15.4. The molecule has 0 aliphatic rings. The number of rotatable bonds is 6. The summed E-state index contributed by atoms with van der Waals surface area (Å²) < 4.78 is 32.6. The molecule has 102 valence electrons. The Morgan fingerprint density at radius 3 is 2.56 bits per heavy atom. The SMILES string of the molecule is CNCCNS(=O)(=O)c1cc(Br)c(C)cc1OC. The van der Waals surface area contributed by atoms with E-state index in [1.807, 2.05) is 6.92 Å². The minimum Gasteiger partial charge on any atom is -0.495 e. The molecule has 0 unspecified atom stereocenters. The van der Waals surface area contributed by atoms with E-state index in [1.54, 1.807) is 19.2 Å². The zero-order valence-electron chi connectivity index (χ0n) is 10.6. The number of benzene rings is 1. The van der Waals surface area contributed by atoms with Gasteiger partial charge in [0.05, 0.1) is 7.11 Å². The Balaban J connectivity index is 3.11. The Morgan fingerprint density at radius 2 is 2.00 bits per heavy atom. The van der Waals surface area contributed by atoms with Gasteiger partial charge in [-0.25, -0.2) is 13.1 Å². The smallest absolute Gasteiger partial charge is 0.244 e. The summed E-state index contributed by atoms with van der Waals surface area (Å²) in [4.78, 5) is 0.138. The van der Waals surface area contributed by atoms with Gasteiger partial charge >= 0.3 is 0 Å². The first-order valence-electron chi connectivity index (χ1n) is 5.40. The van der Waals surface area contributed by atoms with Crippen LogP contribution in [-0.4, -0.2) is 35.7 Å². The molecular formula is C11H17BrN2O3S. The maximum Gasteiger partial charge on any atom is 0.244 e. The van der Waals surface area contributed by atoms with E-state index in [2.05, 4.69) is 26.0 Å².